The normalized spacial score (nSPS) is 20.8. The number of nitrogens with zero attached hydrogens (tertiary/aromatic N) is 3. The summed E-state index contributed by atoms with van der Waals surface area (Å²) in [5.74, 6) is -0.176. The van der Waals surface area contributed by atoms with E-state index in [1.807, 2.05) is 18.2 Å². The minimum absolute atomic E-state index is 0.159. The van der Waals surface area contributed by atoms with Crippen LogP contribution >= 0.6 is 0 Å². The summed E-state index contributed by atoms with van der Waals surface area (Å²) in [6.45, 7) is 10.5. The van der Waals surface area contributed by atoms with E-state index >= 15 is 0 Å². The van der Waals surface area contributed by atoms with E-state index in [1.165, 1.54) is 6.08 Å². The molecule has 1 amide bonds. The van der Waals surface area contributed by atoms with Crippen LogP contribution in [0.2, 0.25) is 0 Å². The van der Waals surface area contributed by atoms with Crippen LogP contribution in [0.4, 0.5) is 11.4 Å². The third-order valence-corrected chi connectivity index (χ3v) is 6.31. The Kier molecular flexibility index (Phi) is 6.32. The highest BCUT2D eigenvalue weighted by molar-refractivity contribution is 6.10. The summed E-state index contributed by atoms with van der Waals surface area (Å²) in [6, 6.07) is 6.49. The molecule has 3 heterocycles. The topological polar surface area (TPSA) is 109 Å². The van der Waals surface area contributed by atoms with E-state index in [0.29, 0.717) is 11.7 Å². The van der Waals surface area contributed by atoms with Crippen molar-refractivity contribution in [1.82, 2.24) is 10.1 Å². The van der Waals surface area contributed by atoms with Crippen LogP contribution in [0.5, 0.6) is 0 Å². The second kappa shape index (κ2) is 9.32. The first-order chi connectivity index (χ1) is 15.6. The lowest BCUT2D eigenvalue weighted by Crippen LogP contribution is -2.41. The largest absolute Gasteiger partial charge is 0.369 e. The summed E-state index contributed by atoms with van der Waals surface area (Å²) in [4.78, 5) is 17.6. The Morgan fingerprint density at radius 3 is 2.78 bits per heavy atom. The quantitative estimate of drug-likeness (QED) is 0.548. The number of carbonyl (C=O) groups is 1. The third-order valence-electron chi connectivity index (χ3n) is 6.31. The van der Waals surface area contributed by atoms with Crippen molar-refractivity contribution in [1.29, 1.82) is 10.8 Å². The van der Waals surface area contributed by atoms with Crippen molar-refractivity contribution in [3.8, 4) is 0 Å². The fourth-order valence-corrected chi connectivity index (χ4v) is 4.74. The number of hydrogen-bond acceptors (Lipinski definition) is 7. The fourth-order valence-electron chi connectivity index (χ4n) is 4.74. The fraction of sp³-hybridized carbons (Fsp3) is 0.333. The van der Waals surface area contributed by atoms with E-state index in [4.69, 9.17) is 15.3 Å². The average molecular weight is 433 g/mol. The molecular weight excluding hydrogens is 404 g/mol. The Labute approximate surface area is 187 Å². The molecular formula is C24H28N6O2. The minimum atomic E-state index is -0.407. The molecule has 8 nitrogen and oxygen atoms in total. The molecule has 1 aromatic carbocycles. The van der Waals surface area contributed by atoms with Gasteiger partial charge in [-0.15, -0.1) is 0 Å². The smallest absolute Gasteiger partial charge is 0.261 e. The first kappa shape index (κ1) is 21.7. The maximum atomic E-state index is 12.8. The van der Waals surface area contributed by atoms with E-state index in [0.717, 1.165) is 56.4 Å². The van der Waals surface area contributed by atoms with Crippen molar-refractivity contribution in [3.05, 3.63) is 53.9 Å². The second-order valence-electron chi connectivity index (χ2n) is 8.09. The molecule has 2 atom stereocenters. The van der Waals surface area contributed by atoms with Crippen LogP contribution in [0.25, 0.3) is 12.2 Å². The van der Waals surface area contributed by atoms with Gasteiger partial charge in [0.05, 0.1) is 0 Å². The Hall–Kier alpha value is -3.52. The van der Waals surface area contributed by atoms with Gasteiger partial charge >= 0.3 is 0 Å². The van der Waals surface area contributed by atoms with Crippen LogP contribution < -0.4 is 10.2 Å². The van der Waals surface area contributed by atoms with Crippen molar-refractivity contribution in [2.45, 2.75) is 31.3 Å². The SMILES string of the molecule is C=Cc1cc(NC(=O)c2c(C=N)noc2C=C)ccc1N1CCC(N2CCC[C@@H]2C=N)C1. The summed E-state index contributed by atoms with van der Waals surface area (Å²) in [7, 11) is 0. The molecule has 0 radical (unpaired) electrons. The van der Waals surface area contributed by atoms with Crippen molar-refractivity contribution in [2.24, 2.45) is 0 Å². The van der Waals surface area contributed by atoms with E-state index in [9.17, 15) is 4.79 Å². The molecule has 166 valence electrons. The zero-order valence-electron chi connectivity index (χ0n) is 18.0. The zero-order chi connectivity index (χ0) is 22.7. The minimum Gasteiger partial charge on any atom is -0.369 e. The van der Waals surface area contributed by atoms with Crippen LogP contribution in [0.1, 0.15) is 46.6 Å². The van der Waals surface area contributed by atoms with Gasteiger partial charge in [-0.1, -0.05) is 24.4 Å². The molecule has 2 fully saturated rings. The van der Waals surface area contributed by atoms with Gasteiger partial charge in [0.25, 0.3) is 5.91 Å². The van der Waals surface area contributed by atoms with Crippen LogP contribution in [0, 0.1) is 10.8 Å². The summed E-state index contributed by atoms with van der Waals surface area (Å²) < 4.78 is 5.07. The van der Waals surface area contributed by atoms with E-state index in [1.54, 1.807) is 12.3 Å². The highest BCUT2D eigenvalue weighted by Gasteiger charge is 2.34. The lowest BCUT2D eigenvalue weighted by molar-refractivity contribution is 0.102. The van der Waals surface area contributed by atoms with E-state index in [2.05, 4.69) is 33.4 Å². The number of rotatable bonds is 8. The molecule has 32 heavy (non-hydrogen) atoms. The van der Waals surface area contributed by atoms with Crippen LogP contribution in [0.15, 0.2) is 35.9 Å². The molecule has 2 aromatic rings. The number of nitrogens with one attached hydrogen (secondary N) is 3. The lowest BCUT2D eigenvalue weighted by Gasteiger charge is -2.29. The molecule has 4 rings (SSSR count). The first-order valence-corrected chi connectivity index (χ1v) is 10.8. The number of likely N-dealkylation sites (tertiary alicyclic amines) is 1. The summed E-state index contributed by atoms with van der Waals surface area (Å²) in [5, 5.41) is 21.7. The number of hydrogen-bond donors (Lipinski definition) is 3. The van der Waals surface area contributed by atoms with Gasteiger partial charge in [-0.2, -0.15) is 0 Å². The van der Waals surface area contributed by atoms with Gasteiger partial charge in [0.1, 0.15) is 11.3 Å². The maximum absolute atomic E-state index is 12.8. The standard InChI is InChI=1S/C24H28N6O2/c1-3-16-12-17(27-24(31)23-20(14-26)28-32-22(23)4-2)7-8-21(16)29-11-9-19(15-29)30-10-5-6-18(30)13-25/h3-4,7-8,12-14,18-19,25-26H,1-2,5-6,9-11,15H2,(H,27,31)/t18-,19?/m1/s1. The third kappa shape index (κ3) is 4.01. The molecule has 1 aromatic heterocycles. The number of anilines is 2. The Bertz CT molecular complexity index is 1030. The van der Waals surface area contributed by atoms with Gasteiger partial charge in [0.15, 0.2) is 5.76 Å². The number of amides is 1. The summed E-state index contributed by atoms with van der Waals surface area (Å²) >= 11 is 0. The van der Waals surface area contributed by atoms with Crippen molar-refractivity contribution >= 4 is 41.9 Å². The van der Waals surface area contributed by atoms with Crippen molar-refractivity contribution < 1.29 is 9.32 Å². The predicted octanol–water partition coefficient (Wildman–Crippen LogP) is 3.90. The predicted molar refractivity (Wildman–Crippen MR) is 128 cm³/mol. The second-order valence-corrected chi connectivity index (χ2v) is 8.09. The Balaban J connectivity index is 1.50. The van der Waals surface area contributed by atoms with Crippen LogP contribution in [0.3, 0.4) is 0 Å². The maximum Gasteiger partial charge on any atom is 0.261 e. The summed E-state index contributed by atoms with van der Waals surface area (Å²) in [6.07, 6.45) is 9.07. The van der Waals surface area contributed by atoms with Crippen molar-refractivity contribution in [2.75, 3.05) is 29.9 Å². The molecule has 0 bridgehead atoms. The van der Waals surface area contributed by atoms with Crippen LogP contribution in [-0.4, -0.2) is 60.1 Å². The highest BCUT2D eigenvalue weighted by atomic mass is 16.5. The Morgan fingerprint density at radius 1 is 1.22 bits per heavy atom. The van der Waals surface area contributed by atoms with Gasteiger partial charge in [-0.05, 0) is 55.6 Å². The molecule has 8 heteroatoms. The van der Waals surface area contributed by atoms with Gasteiger partial charge < -0.3 is 25.6 Å². The van der Waals surface area contributed by atoms with Gasteiger partial charge in [-0.25, -0.2) is 0 Å². The molecule has 0 aliphatic carbocycles. The molecule has 2 saturated heterocycles. The van der Waals surface area contributed by atoms with Crippen LogP contribution in [-0.2, 0) is 0 Å². The van der Waals surface area contributed by atoms with Gasteiger partial charge in [0, 0.05) is 49.0 Å². The zero-order valence-corrected chi connectivity index (χ0v) is 18.0. The van der Waals surface area contributed by atoms with Crippen molar-refractivity contribution in [3.63, 3.8) is 0 Å². The van der Waals surface area contributed by atoms with Gasteiger partial charge in [0.2, 0.25) is 0 Å². The van der Waals surface area contributed by atoms with E-state index in [-0.39, 0.29) is 23.1 Å². The molecule has 0 saturated carbocycles. The van der Waals surface area contributed by atoms with Gasteiger partial charge in [-0.3, -0.25) is 9.69 Å². The molecule has 0 spiro atoms. The monoisotopic (exact) mass is 432 g/mol. The molecule has 3 N–H and O–H groups in total. The number of aromatic nitrogens is 1. The molecule has 2 aliphatic rings. The number of carbonyl (C=O) groups excluding carboxylic acids is 1. The Morgan fingerprint density at radius 2 is 2.06 bits per heavy atom. The summed E-state index contributed by atoms with van der Waals surface area (Å²) in [5.41, 5.74) is 3.00. The first-order valence-electron chi connectivity index (χ1n) is 10.8. The average Bonchev–Trinajstić information content (AvgIpc) is 3.57. The van der Waals surface area contributed by atoms with E-state index < -0.39 is 5.91 Å². The molecule has 1 unspecified atom stereocenters. The highest BCUT2D eigenvalue weighted by Crippen LogP contribution is 2.32. The lowest BCUT2D eigenvalue weighted by atomic mass is 10.1. The number of benzene rings is 1. The molecule has 2 aliphatic heterocycles.